The number of anilines is 3. The van der Waals surface area contributed by atoms with E-state index in [1.165, 1.54) is 81.8 Å². The second kappa shape index (κ2) is 14.9. The highest BCUT2D eigenvalue weighted by Gasteiger charge is 2.28. The molecule has 0 spiro atoms. The van der Waals surface area contributed by atoms with E-state index in [4.69, 9.17) is 4.42 Å². The maximum absolute atomic E-state index is 6.31. The zero-order chi connectivity index (χ0) is 39.3. The summed E-state index contributed by atoms with van der Waals surface area (Å²) in [6.07, 6.45) is 20.3. The fourth-order valence-corrected chi connectivity index (χ4v) is 10.3. The van der Waals surface area contributed by atoms with Gasteiger partial charge in [-0.15, -0.1) is 0 Å². The molecule has 2 nitrogen and oxygen atoms in total. The van der Waals surface area contributed by atoms with Crippen molar-refractivity contribution in [2.75, 3.05) is 4.90 Å². The predicted octanol–water partition coefficient (Wildman–Crippen LogP) is 16.3. The summed E-state index contributed by atoms with van der Waals surface area (Å²) in [5.41, 5.74) is 15.5. The van der Waals surface area contributed by atoms with Crippen molar-refractivity contribution in [1.29, 1.82) is 0 Å². The van der Waals surface area contributed by atoms with Gasteiger partial charge in [0, 0.05) is 33.5 Å². The molecule has 3 aliphatic carbocycles. The molecule has 1 aromatic heterocycles. The van der Waals surface area contributed by atoms with Crippen LogP contribution in [-0.2, 0) is 0 Å². The van der Waals surface area contributed by atoms with Crippen molar-refractivity contribution in [3.63, 3.8) is 0 Å². The van der Waals surface area contributed by atoms with Gasteiger partial charge in [-0.05, 0) is 105 Å². The summed E-state index contributed by atoms with van der Waals surface area (Å²) in [4.78, 5) is 2.52. The van der Waals surface area contributed by atoms with Crippen LogP contribution in [0.2, 0.25) is 0 Å². The lowest BCUT2D eigenvalue weighted by Crippen LogP contribution is -2.17. The third-order valence-electron chi connectivity index (χ3n) is 13.2. The van der Waals surface area contributed by atoms with E-state index in [1.54, 1.807) is 0 Å². The fourth-order valence-electron chi connectivity index (χ4n) is 10.3. The standard InChI is InChI=1S/C57H47NO/c1-38-32-37-47(46-21-6-5-20-43(38)46)48-22-7-10-28-52(48)58(42-35-33-40(34-36-42)45-26-15-31-55-57(45)51-24-9-12-30-54(51)59-55)53-29-11-8-23-49(53)50-27-14-19-41-18-13-25-44(56(41)50)39-16-3-2-4-17-39/h5-15,18-39,43H,2-4,16-17H2,1H3. The highest BCUT2D eigenvalue weighted by Crippen LogP contribution is 2.49. The lowest BCUT2D eigenvalue weighted by molar-refractivity contribution is 0.445. The molecule has 286 valence electrons. The van der Waals surface area contributed by atoms with Crippen LogP contribution >= 0.6 is 0 Å². The molecule has 0 bridgehead atoms. The normalized spacial score (nSPS) is 17.9. The molecule has 0 aliphatic heterocycles. The van der Waals surface area contributed by atoms with Crippen LogP contribution in [0.5, 0.6) is 0 Å². The lowest BCUT2D eigenvalue weighted by Gasteiger charge is -2.33. The van der Waals surface area contributed by atoms with E-state index in [0.717, 1.165) is 44.6 Å². The maximum atomic E-state index is 6.31. The molecule has 3 aliphatic rings. The SMILES string of the molecule is CC1C=CC(c2ccccc2N(c2ccc(-c3cccc4oc5ccccc5c34)cc2)c2ccccc2-c2cccc3cccc(C4CCCCC4)c23)=C2C=CC=CC21. The van der Waals surface area contributed by atoms with Gasteiger partial charge in [0.2, 0.25) is 0 Å². The van der Waals surface area contributed by atoms with E-state index >= 15 is 0 Å². The first-order valence-corrected chi connectivity index (χ1v) is 21.5. The quantitative estimate of drug-likeness (QED) is 0.161. The number of nitrogens with zero attached hydrogens (tertiary/aromatic N) is 1. The van der Waals surface area contributed by atoms with Gasteiger partial charge in [-0.1, -0.05) is 178 Å². The first kappa shape index (κ1) is 35.5. The van der Waals surface area contributed by atoms with Crippen molar-refractivity contribution in [3.05, 3.63) is 205 Å². The number of rotatable bonds is 7. The van der Waals surface area contributed by atoms with E-state index in [1.807, 2.05) is 6.07 Å². The Morgan fingerprint density at radius 2 is 1.20 bits per heavy atom. The van der Waals surface area contributed by atoms with Gasteiger partial charge < -0.3 is 9.32 Å². The zero-order valence-electron chi connectivity index (χ0n) is 33.5. The number of hydrogen-bond acceptors (Lipinski definition) is 2. The Morgan fingerprint density at radius 3 is 2.05 bits per heavy atom. The van der Waals surface area contributed by atoms with Gasteiger partial charge in [-0.2, -0.15) is 0 Å². The van der Waals surface area contributed by atoms with Crippen molar-refractivity contribution in [2.45, 2.75) is 44.9 Å². The molecule has 1 heterocycles. The molecule has 2 heteroatoms. The Labute approximate surface area is 347 Å². The summed E-state index contributed by atoms with van der Waals surface area (Å²) in [7, 11) is 0. The van der Waals surface area contributed by atoms with Crippen molar-refractivity contribution >= 4 is 55.3 Å². The molecule has 1 fully saturated rings. The van der Waals surface area contributed by atoms with E-state index in [0.29, 0.717) is 17.8 Å². The van der Waals surface area contributed by atoms with Gasteiger partial charge in [-0.3, -0.25) is 0 Å². The van der Waals surface area contributed by atoms with Gasteiger partial charge in [0.15, 0.2) is 0 Å². The predicted molar refractivity (Wildman–Crippen MR) is 250 cm³/mol. The first-order valence-electron chi connectivity index (χ1n) is 21.5. The molecular formula is C57H47NO. The summed E-state index contributed by atoms with van der Waals surface area (Å²) in [5, 5.41) is 5.01. The van der Waals surface area contributed by atoms with E-state index in [9.17, 15) is 0 Å². The van der Waals surface area contributed by atoms with Crippen LogP contribution in [0.3, 0.4) is 0 Å². The van der Waals surface area contributed by atoms with Crippen molar-refractivity contribution in [3.8, 4) is 22.3 Å². The average molecular weight is 762 g/mol. The van der Waals surface area contributed by atoms with Gasteiger partial charge in [0.25, 0.3) is 0 Å². The Kier molecular flexibility index (Phi) is 9.00. The second-order valence-corrected chi connectivity index (χ2v) is 16.6. The minimum Gasteiger partial charge on any atom is -0.456 e. The third-order valence-corrected chi connectivity index (χ3v) is 13.2. The summed E-state index contributed by atoms with van der Waals surface area (Å²) >= 11 is 0. The minimum atomic E-state index is 0.351. The van der Waals surface area contributed by atoms with Crippen molar-refractivity contribution < 1.29 is 4.42 Å². The summed E-state index contributed by atoms with van der Waals surface area (Å²) in [6.45, 7) is 2.33. The Morgan fingerprint density at radius 1 is 0.525 bits per heavy atom. The summed E-state index contributed by atoms with van der Waals surface area (Å²) in [5.74, 6) is 1.37. The van der Waals surface area contributed by atoms with Gasteiger partial charge >= 0.3 is 0 Å². The molecule has 0 saturated heterocycles. The van der Waals surface area contributed by atoms with Crippen LogP contribution < -0.4 is 4.90 Å². The topological polar surface area (TPSA) is 16.4 Å². The zero-order valence-corrected chi connectivity index (χ0v) is 33.5. The van der Waals surface area contributed by atoms with E-state index in [2.05, 4.69) is 194 Å². The number of furan rings is 1. The highest BCUT2D eigenvalue weighted by atomic mass is 16.3. The second-order valence-electron chi connectivity index (χ2n) is 16.6. The monoisotopic (exact) mass is 761 g/mol. The molecule has 2 unspecified atom stereocenters. The van der Waals surface area contributed by atoms with Crippen LogP contribution in [0.15, 0.2) is 198 Å². The minimum absolute atomic E-state index is 0.351. The van der Waals surface area contributed by atoms with Gasteiger partial charge in [-0.25, -0.2) is 0 Å². The van der Waals surface area contributed by atoms with Gasteiger partial charge in [0.1, 0.15) is 11.2 Å². The molecule has 0 N–H and O–H groups in total. The first-order chi connectivity index (χ1) is 29.2. The van der Waals surface area contributed by atoms with Crippen LogP contribution in [0.25, 0.3) is 60.5 Å². The fraction of sp³-hybridized carbons (Fsp3) is 0.158. The summed E-state index contributed by atoms with van der Waals surface area (Å²) < 4.78 is 6.31. The average Bonchev–Trinajstić information content (AvgIpc) is 3.69. The number of benzene rings is 7. The highest BCUT2D eigenvalue weighted by molar-refractivity contribution is 6.12. The molecule has 59 heavy (non-hydrogen) atoms. The smallest absolute Gasteiger partial charge is 0.136 e. The third kappa shape index (κ3) is 6.17. The Balaban J connectivity index is 1.13. The number of allylic oxidation sites excluding steroid dienone is 8. The molecule has 7 aromatic carbocycles. The molecule has 8 aromatic rings. The van der Waals surface area contributed by atoms with Crippen LogP contribution in [0.4, 0.5) is 17.1 Å². The van der Waals surface area contributed by atoms with Crippen molar-refractivity contribution in [2.24, 2.45) is 11.8 Å². The van der Waals surface area contributed by atoms with E-state index in [-0.39, 0.29) is 0 Å². The molecule has 0 amide bonds. The maximum Gasteiger partial charge on any atom is 0.136 e. The molecular weight excluding hydrogens is 715 g/mol. The molecule has 1 saturated carbocycles. The Bertz CT molecular complexity index is 3000. The van der Waals surface area contributed by atoms with E-state index < -0.39 is 0 Å². The number of para-hydroxylation sites is 3. The summed E-state index contributed by atoms with van der Waals surface area (Å²) in [6, 6.07) is 55.9. The van der Waals surface area contributed by atoms with Crippen molar-refractivity contribution in [1.82, 2.24) is 0 Å². The largest absolute Gasteiger partial charge is 0.456 e. The molecule has 0 radical (unpaired) electrons. The lowest BCUT2D eigenvalue weighted by atomic mass is 9.76. The number of fused-ring (bicyclic) bond motifs is 5. The van der Waals surface area contributed by atoms with Crippen LogP contribution in [0, 0.1) is 11.8 Å². The molecule has 2 atom stereocenters. The Hall–Kier alpha value is -6.64. The number of hydrogen-bond donors (Lipinski definition) is 0. The van der Waals surface area contributed by atoms with Crippen LogP contribution in [-0.4, -0.2) is 0 Å². The van der Waals surface area contributed by atoms with Crippen LogP contribution in [0.1, 0.15) is 56.1 Å². The van der Waals surface area contributed by atoms with Gasteiger partial charge in [0.05, 0.1) is 11.4 Å². The molecule has 11 rings (SSSR count).